The van der Waals surface area contributed by atoms with Gasteiger partial charge in [0.25, 0.3) is 0 Å². The molecule has 2 spiro atoms. The Labute approximate surface area is 405 Å². The van der Waals surface area contributed by atoms with Gasteiger partial charge >= 0.3 is 0 Å². The summed E-state index contributed by atoms with van der Waals surface area (Å²) in [6.07, 6.45) is 0. The second-order valence-corrected chi connectivity index (χ2v) is 19.7. The summed E-state index contributed by atoms with van der Waals surface area (Å²) in [5.41, 5.74) is 19.8. The number of anilines is 3. The number of fused-ring (bicyclic) bond motifs is 20. The summed E-state index contributed by atoms with van der Waals surface area (Å²) in [6.45, 7) is 0. The van der Waals surface area contributed by atoms with Crippen LogP contribution in [0.2, 0.25) is 0 Å². The average Bonchev–Trinajstić information content (AvgIpc) is 3.87. The van der Waals surface area contributed by atoms with Crippen LogP contribution >= 0.6 is 11.8 Å². The topological polar surface area (TPSA) is 12.5 Å². The third kappa shape index (κ3) is 5.17. The zero-order chi connectivity index (χ0) is 45.3. The van der Waals surface area contributed by atoms with Gasteiger partial charge in [0.05, 0.1) is 16.5 Å². The fourth-order valence-electron chi connectivity index (χ4n) is 12.7. The highest BCUT2D eigenvalue weighted by molar-refractivity contribution is 7.99. The lowest BCUT2D eigenvalue weighted by atomic mass is 9.66. The molecule has 0 aromatic heterocycles. The van der Waals surface area contributed by atoms with Gasteiger partial charge in [0.1, 0.15) is 11.5 Å². The number of benzene rings is 11. The zero-order valence-corrected chi connectivity index (χ0v) is 38.3. The van der Waals surface area contributed by atoms with Crippen LogP contribution in [0.3, 0.4) is 0 Å². The van der Waals surface area contributed by atoms with Crippen LogP contribution in [0.1, 0.15) is 44.5 Å². The van der Waals surface area contributed by atoms with Gasteiger partial charge in [-0.15, -0.1) is 0 Å². The van der Waals surface area contributed by atoms with Crippen molar-refractivity contribution in [1.82, 2.24) is 0 Å². The van der Waals surface area contributed by atoms with Gasteiger partial charge in [-0.2, -0.15) is 0 Å². The lowest BCUT2D eigenvalue weighted by Crippen LogP contribution is -2.32. The van der Waals surface area contributed by atoms with Crippen LogP contribution < -0.4 is 9.64 Å². The van der Waals surface area contributed by atoms with Crippen molar-refractivity contribution in [3.05, 3.63) is 293 Å². The fourth-order valence-corrected chi connectivity index (χ4v) is 13.9. The summed E-state index contributed by atoms with van der Waals surface area (Å²) in [7, 11) is 0. The normalized spacial score (nSPS) is 14.4. The number of hydrogen-bond acceptors (Lipinski definition) is 3. The summed E-state index contributed by atoms with van der Waals surface area (Å²) < 4.78 is 6.76. The number of ether oxygens (including phenoxy) is 1. The van der Waals surface area contributed by atoms with Gasteiger partial charge in [0.2, 0.25) is 0 Å². The minimum Gasteiger partial charge on any atom is -0.457 e. The predicted octanol–water partition coefficient (Wildman–Crippen LogP) is 17.3. The van der Waals surface area contributed by atoms with E-state index in [1.807, 2.05) is 11.8 Å². The van der Waals surface area contributed by atoms with Gasteiger partial charge in [-0.3, -0.25) is 0 Å². The molecule has 2 heterocycles. The van der Waals surface area contributed by atoms with E-state index in [0.717, 1.165) is 39.7 Å². The molecule has 0 bridgehead atoms. The molecular formula is C66H41NOS. The summed E-state index contributed by atoms with van der Waals surface area (Å²) in [6, 6.07) is 92.4. The number of hydrogen-bond donors (Lipinski definition) is 0. The smallest absolute Gasteiger partial charge is 0.132 e. The van der Waals surface area contributed by atoms with E-state index >= 15 is 0 Å². The molecular weight excluding hydrogens is 855 g/mol. The van der Waals surface area contributed by atoms with E-state index in [4.69, 9.17) is 4.74 Å². The Morgan fingerprint density at radius 2 is 0.855 bits per heavy atom. The summed E-state index contributed by atoms with van der Waals surface area (Å²) in [5.74, 6) is 1.78. The highest BCUT2D eigenvalue weighted by atomic mass is 32.2. The Hall–Kier alpha value is -8.37. The quantitative estimate of drug-likeness (QED) is 0.175. The first-order valence-electron chi connectivity index (χ1n) is 23.8. The second kappa shape index (κ2) is 14.6. The van der Waals surface area contributed by atoms with E-state index in [1.54, 1.807) is 0 Å². The molecule has 322 valence electrons. The molecule has 2 nitrogen and oxygen atoms in total. The fraction of sp³-hybridized carbons (Fsp3) is 0.0303. The van der Waals surface area contributed by atoms with Crippen LogP contribution in [0.5, 0.6) is 11.5 Å². The van der Waals surface area contributed by atoms with Crippen molar-refractivity contribution in [1.29, 1.82) is 0 Å². The number of para-hydroxylation sites is 2. The molecule has 0 atom stereocenters. The van der Waals surface area contributed by atoms with E-state index in [2.05, 4.69) is 254 Å². The first-order chi connectivity index (χ1) is 34.2. The SMILES string of the molecule is c1ccc(-c2ccc(N(c3ccc4c(c3)C3(c5ccccc5Oc5ccccc53)c3ccccc3-4)c3cccc4ccc5c(c34)-c3ccccc3C53c4ccccc4Sc4ccccc43)cc2)cc1. The van der Waals surface area contributed by atoms with Crippen molar-refractivity contribution in [3.63, 3.8) is 0 Å². The molecule has 0 amide bonds. The molecule has 15 rings (SSSR count). The maximum Gasteiger partial charge on any atom is 0.132 e. The van der Waals surface area contributed by atoms with Crippen LogP contribution in [-0.2, 0) is 10.8 Å². The van der Waals surface area contributed by atoms with Crippen molar-refractivity contribution >= 4 is 39.6 Å². The number of rotatable bonds is 4. The second-order valence-electron chi connectivity index (χ2n) is 18.6. The summed E-state index contributed by atoms with van der Waals surface area (Å²) in [4.78, 5) is 5.13. The first kappa shape index (κ1) is 38.7. The molecule has 0 saturated carbocycles. The molecule has 0 fully saturated rings. The van der Waals surface area contributed by atoms with Crippen molar-refractivity contribution in [3.8, 4) is 44.9 Å². The first-order valence-corrected chi connectivity index (χ1v) is 24.6. The highest BCUT2D eigenvalue weighted by Crippen LogP contribution is 2.65. The Bertz CT molecular complexity index is 3840. The van der Waals surface area contributed by atoms with E-state index in [-0.39, 0.29) is 0 Å². The molecule has 4 aliphatic rings. The highest BCUT2D eigenvalue weighted by Gasteiger charge is 2.53. The molecule has 0 N–H and O–H groups in total. The van der Waals surface area contributed by atoms with Gasteiger partial charge in [-0.1, -0.05) is 206 Å². The standard InChI is InChI=1S/C66H41NOS/c1-2-17-42(18-3-1)43-33-36-45(37-34-43)67(46-38-39-48-47-20-4-6-22-50(47)65(57(48)41-46)52-24-8-12-29-59(52)68-60-30-13-9-25-53(60)65)58-28-16-19-44-35-40-56-64(63(44)58)49-21-5-7-23-51(49)66(56)54-26-10-14-31-61(54)69-62-32-15-11-27-55(62)66/h1-41H. The third-order valence-electron chi connectivity index (χ3n) is 15.4. The van der Waals surface area contributed by atoms with Crippen molar-refractivity contribution in [2.75, 3.05) is 4.90 Å². The van der Waals surface area contributed by atoms with E-state index in [9.17, 15) is 0 Å². The molecule has 2 aliphatic heterocycles. The minimum absolute atomic E-state index is 0.497. The maximum absolute atomic E-state index is 6.76. The lowest BCUT2D eigenvalue weighted by Gasteiger charge is -2.40. The molecule has 0 radical (unpaired) electrons. The van der Waals surface area contributed by atoms with Crippen LogP contribution in [-0.4, -0.2) is 0 Å². The molecule has 11 aromatic carbocycles. The Balaban J connectivity index is 1.04. The van der Waals surface area contributed by atoms with Gasteiger partial charge in [-0.25, -0.2) is 0 Å². The Morgan fingerprint density at radius 1 is 0.333 bits per heavy atom. The van der Waals surface area contributed by atoms with Crippen molar-refractivity contribution in [2.45, 2.75) is 20.6 Å². The monoisotopic (exact) mass is 895 g/mol. The molecule has 0 saturated heterocycles. The molecule has 3 heteroatoms. The van der Waals surface area contributed by atoms with Crippen LogP contribution in [0.25, 0.3) is 44.2 Å². The summed E-state index contributed by atoms with van der Waals surface area (Å²) >= 11 is 1.89. The van der Waals surface area contributed by atoms with E-state index < -0.39 is 10.8 Å². The zero-order valence-electron chi connectivity index (χ0n) is 37.4. The Morgan fingerprint density at radius 3 is 1.55 bits per heavy atom. The van der Waals surface area contributed by atoms with Gasteiger partial charge in [0, 0.05) is 37.7 Å². The van der Waals surface area contributed by atoms with Crippen LogP contribution in [0, 0.1) is 0 Å². The lowest BCUT2D eigenvalue weighted by molar-refractivity contribution is 0.436. The minimum atomic E-state index is -0.610. The number of nitrogens with zero attached hydrogens (tertiary/aromatic N) is 1. The predicted molar refractivity (Wildman–Crippen MR) is 283 cm³/mol. The van der Waals surface area contributed by atoms with Crippen molar-refractivity contribution in [2.24, 2.45) is 0 Å². The molecule has 0 unspecified atom stereocenters. The average molecular weight is 896 g/mol. The molecule has 11 aromatic rings. The third-order valence-corrected chi connectivity index (χ3v) is 16.5. The molecule has 69 heavy (non-hydrogen) atoms. The maximum atomic E-state index is 6.76. The van der Waals surface area contributed by atoms with Crippen LogP contribution in [0.4, 0.5) is 17.1 Å². The van der Waals surface area contributed by atoms with E-state index in [1.165, 1.54) is 87.3 Å². The van der Waals surface area contributed by atoms with Gasteiger partial charge in [-0.05, 0) is 127 Å². The summed E-state index contributed by atoms with van der Waals surface area (Å²) in [5, 5.41) is 2.44. The Kier molecular flexibility index (Phi) is 8.17. The molecule has 2 aliphatic carbocycles. The largest absolute Gasteiger partial charge is 0.457 e. The van der Waals surface area contributed by atoms with Crippen molar-refractivity contribution < 1.29 is 4.74 Å². The van der Waals surface area contributed by atoms with Crippen LogP contribution in [0.15, 0.2) is 259 Å². The van der Waals surface area contributed by atoms with Gasteiger partial charge in [0.15, 0.2) is 0 Å². The van der Waals surface area contributed by atoms with E-state index in [0.29, 0.717) is 0 Å². The van der Waals surface area contributed by atoms with Gasteiger partial charge < -0.3 is 9.64 Å².